The second kappa shape index (κ2) is 9.44. The number of hydrogen-bond acceptors (Lipinski definition) is 5. The molecule has 1 aliphatic heterocycles. The Bertz CT molecular complexity index is 1410. The van der Waals surface area contributed by atoms with Crippen molar-refractivity contribution >= 4 is 58.2 Å². The topological polar surface area (TPSA) is 88.7 Å². The van der Waals surface area contributed by atoms with Crippen molar-refractivity contribution < 1.29 is 14.5 Å². The molecule has 2 heterocycles. The minimum absolute atomic E-state index is 0.0294. The molecule has 0 radical (unpaired) electrons. The van der Waals surface area contributed by atoms with Crippen molar-refractivity contribution in [2.45, 2.75) is 20.8 Å². The van der Waals surface area contributed by atoms with Crippen molar-refractivity contribution in [3.8, 4) is 5.69 Å². The highest BCUT2D eigenvalue weighted by Crippen LogP contribution is 2.30. The van der Waals surface area contributed by atoms with Crippen molar-refractivity contribution in [2.24, 2.45) is 0 Å². The number of non-ortho nitro benzene ring substituents is 1. The molecule has 1 fully saturated rings. The summed E-state index contributed by atoms with van der Waals surface area (Å²) < 4.78 is 1.84. The molecular formula is C25H21ClN4O4S. The lowest BCUT2D eigenvalue weighted by Crippen LogP contribution is -2.56. The van der Waals surface area contributed by atoms with Crippen LogP contribution in [0.25, 0.3) is 11.8 Å². The van der Waals surface area contributed by atoms with Crippen LogP contribution in [0.2, 0.25) is 5.02 Å². The molecular weight excluding hydrogens is 488 g/mol. The Morgan fingerprint density at radius 1 is 1.03 bits per heavy atom. The zero-order valence-corrected chi connectivity index (χ0v) is 20.8. The maximum Gasteiger partial charge on any atom is 0.271 e. The fourth-order valence-corrected chi connectivity index (χ4v) is 4.63. The monoisotopic (exact) mass is 508 g/mol. The van der Waals surface area contributed by atoms with E-state index >= 15 is 0 Å². The number of nitro groups is 1. The maximum absolute atomic E-state index is 13.5. The van der Waals surface area contributed by atoms with Gasteiger partial charge in [0.25, 0.3) is 17.5 Å². The number of hydrogen-bond donors (Lipinski definition) is 0. The third-order valence-electron chi connectivity index (χ3n) is 5.80. The lowest BCUT2D eigenvalue weighted by Gasteiger charge is -2.36. The zero-order chi connectivity index (χ0) is 25.4. The van der Waals surface area contributed by atoms with Crippen LogP contribution in [0.4, 0.5) is 11.4 Å². The van der Waals surface area contributed by atoms with Gasteiger partial charge in [0.15, 0.2) is 5.11 Å². The number of carbonyl (C=O) groups is 2. The van der Waals surface area contributed by atoms with E-state index in [-0.39, 0.29) is 16.4 Å². The van der Waals surface area contributed by atoms with E-state index in [1.54, 1.807) is 49.4 Å². The van der Waals surface area contributed by atoms with Crippen molar-refractivity contribution in [3.05, 3.63) is 92.3 Å². The van der Waals surface area contributed by atoms with Crippen molar-refractivity contribution in [1.82, 2.24) is 9.47 Å². The summed E-state index contributed by atoms with van der Waals surface area (Å²) in [5.41, 5.74) is 3.22. The Morgan fingerprint density at radius 2 is 1.71 bits per heavy atom. The number of carbonyl (C=O) groups excluding carboxylic acids is 2. The van der Waals surface area contributed by atoms with Gasteiger partial charge in [0.05, 0.1) is 16.3 Å². The molecule has 0 N–H and O–H groups in total. The number of nitro benzene ring substituents is 1. The van der Waals surface area contributed by atoms with E-state index < -0.39 is 16.7 Å². The van der Waals surface area contributed by atoms with Crippen molar-refractivity contribution in [1.29, 1.82) is 0 Å². The number of amides is 2. The van der Waals surface area contributed by atoms with Gasteiger partial charge in [0.2, 0.25) is 0 Å². The number of halogens is 1. The number of likely N-dealkylation sites (N-methyl/N-ethyl adjacent to an activating group) is 1. The van der Waals surface area contributed by atoms with Crippen LogP contribution in [0.3, 0.4) is 0 Å². The minimum Gasteiger partial charge on any atom is -0.318 e. The first-order valence-electron chi connectivity index (χ1n) is 10.7. The van der Waals surface area contributed by atoms with Gasteiger partial charge >= 0.3 is 0 Å². The average Bonchev–Trinajstić information content (AvgIpc) is 3.11. The van der Waals surface area contributed by atoms with Crippen molar-refractivity contribution in [2.75, 3.05) is 11.4 Å². The Balaban J connectivity index is 1.81. The predicted octanol–water partition coefficient (Wildman–Crippen LogP) is 5.22. The molecule has 1 aromatic heterocycles. The standard InChI is InChI=1S/C25H21ClN4O4S/c1-4-27-23(31)22(24(32)29(25(27)35)19-10-8-18(26)9-11-19)13-17-12-15(2)28(16(17)3)20-6-5-7-21(14-20)30(33)34/h5-14H,4H2,1-3H3/b22-13+. The van der Waals surface area contributed by atoms with E-state index in [1.165, 1.54) is 21.9 Å². The lowest BCUT2D eigenvalue weighted by molar-refractivity contribution is -0.384. The second-order valence-corrected chi connectivity index (χ2v) is 8.75. The van der Waals surface area contributed by atoms with E-state index in [4.69, 9.17) is 23.8 Å². The summed E-state index contributed by atoms with van der Waals surface area (Å²) in [6.45, 7) is 5.76. The highest BCUT2D eigenvalue weighted by Gasteiger charge is 2.39. The first-order valence-corrected chi connectivity index (χ1v) is 11.5. The molecule has 0 saturated carbocycles. The van der Waals surface area contributed by atoms with Gasteiger partial charge in [0.1, 0.15) is 5.57 Å². The van der Waals surface area contributed by atoms with Crippen LogP contribution in [0.5, 0.6) is 0 Å². The molecule has 4 rings (SSSR count). The van der Waals surface area contributed by atoms with Gasteiger partial charge in [-0.25, -0.2) is 0 Å². The smallest absolute Gasteiger partial charge is 0.271 e. The molecule has 178 valence electrons. The van der Waals surface area contributed by atoms with Crippen LogP contribution in [-0.2, 0) is 9.59 Å². The van der Waals surface area contributed by atoms with Crippen LogP contribution in [0, 0.1) is 24.0 Å². The fraction of sp³-hybridized carbons (Fsp3) is 0.160. The summed E-state index contributed by atoms with van der Waals surface area (Å²) in [6, 6.07) is 14.7. The van der Waals surface area contributed by atoms with E-state index in [1.807, 2.05) is 24.5 Å². The van der Waals surface area contributed by atoms with E-state index in [9.17, 15) is 19.7 Å². The van der Waals surface area contributed by atoms with Gasteiger partial charge in [0, 0.05) is 35.1 Å². The van der Waals surface area contributed by atoms with Crippen molar-refractivity contribution in [3.63, 3.8) is 0 Å². The number of nitrogens with zero attached hydrogens (tertiary/aromatic N) is 4. The number of anilines is 1. The third kappa shape index (κ3) is 4.36. The molecule has 0 atom stereocenters. The Morgan fingerprint density at radius 3 is 2.34 bits per heavy atom. The molecule has 0 spiro atoms. The molecule has 1 saturated heterocycles. The van der Waals surface area contributed by atoms with Gasteiger partial charge in [-0.1, -0.05) is 17.7 Å². The molecule has 0 unspecified atom stereocenters. The summed E-state index contributed by atoms with van der Waals surface area (Å²) in [5.74, 6) is -1.01. The number of rotatable bonds is 5. The van der Waals surface area contributed by atoms with Crippen LogP contribution >= 0.6 is 23.8 Å². The second-order valence-electron chi connectivity index (χ2n) is 7.95. The first-order chi connectivity index (χ1) is 16.6. The summed E-state index contributed by atoms with van der Waals surface area (Å²) >= 11 is 11.5. The number of aryl methyl sites for hydroxylation is 1. The number of benzene rings is 2. The van der Waals surface area contributed by atoms with Crippen LogP contribution in [-0.4, -0.2) is 37.9 Å². The van der Waals surface area contributed by atoms with Gasteiger partial charge in [-0.15, -0.1) is 0 Å². The van der Waals surface area contributed by atoms with Crippen LogP contribution in [0.15, 0.2) is 60.2 Å². The Labute approximate surface area is 212 Å². The minimum atomic E-state index is -0.535. The zero-order valence-electron chi connectivity index (χ0n) is 19.2. The molecule has 0 bridgehead atoms. The molecule has 3 aromatic rings. The average molecular weight is 509 g/mol. The largest absolute Gasteiger partial charge is 0.318 e. The molecule has 10 heteroatoms. The molecule has 8 nitrogen and oxygen atoms in total. The van der Waals surface area contributed by atoms with E-state index in [0.29, 0.717) is 28.5 Å². The van der Waals surface area contributed by atoms with Gasteiger partial charge < -0.3 is 4.57 Å². The van der Waals surface area contributed by atoms with Gasteiger partial charge in [-0.3, -0.25) is 29.5 Å². The van der Waals surface area contributed by atoms with Crippen LogP contribution < -0.4 is 4.90 Å². The number of thiocarbonyl (C=S) groups is 1. The number of aromatic nitrogens is 1. The molecule has 0 aliphatic carbocycles. The van der Waals surface area contributed by atoms with Gasteiger partial charge in [-0.2, -0.15) is 0 Å². The molecule has 2 aromatic carbocycles. The lowest BCUT2D eigenvalue weighted by atomic mass is 10.1. The summed E-state index contributed by atoms with van der Waals surface area (Å²) in [5, 5.41) is 11.8. The Kier molecular flexibility index (Phi) is 6.56. The molecule has 1 aliphatic rings. The van der Waals surface area contributed by atoms with Crippen LogP contribution in [0.1, 0.15) is 23.9 Å². The predicted molar refractivity (Wildman–Crippen MR) is 139 cm³/mol. The maximum atomic E-state index is 13.5. The highest BCUT2D eigenvalue weighted by atomic mass is 35.5. The highest BCUT2D eigenvalue weighted by molar-refractivity contribution is 7.80. The fourth-order valence-electron chi connectivity index (χ4n) is 4.10. The summed E-state index contributed by atoms with van der Waals surface area (Å²) in [7, 11) is 0. The summed E-state index contributed by atoms with van der Waals surface area (Å²) in [6.07, 6.45) is 1.55. The van der Waals surface area contributed by atoms with E-state index in [0.717, 1.165) is 11.4 Å². The Hall–Kier alpha value is -3.82. The molecule has 2 amide bonds. The van der Waals surface area contributed by atoms with E-state index in [2.05, 4.69) is 0 Å². The summed E-state index contributed by atoms with van der Waals surface area (Å²) in [4.78, 5) is 40.2. The SMILES string of the molecule is CCN1C(=O)/C(=C\c2cc(C)n(-c3cccc([N+](=O)[O-])c3)c2C)C(=O)N(c2ccc(Cl)cc2)C1=S. The normalized spacial score (nSPS) is 15.3. The third-order valence-corrected chi connectivity index (χ3v) is 6.46. The first kappa shape index (κ1) is 24.3. The molecule has 35 heavy (non-hydrogen) atoms. The quantitative estimate of drug-likeness (QED) is 0.155. The van der Waals surface area contributed by atoms with Gasteiger partial charge in [-0.05, 0) is 81.0 Å².